The Kier molecular flexibility index (Phi) is 3.75. The molecule has 0 aromatic carbocycles. The van der Waals surface area contributed by atoms with Crippen molar-refractivity contribution in [3.63, 3.8) is 0 Å². The van der Waals surface area contributed by atoms with E-state index in [4.69, 9.17) is 0 Å². The van der Waals surface area contributed by atoms with E-state index in [1.165, 1.54) is 49.0 Å². The number of anilines is 1. The lowest BCUT2D eigenvalue weighted by molar-refractivity contribution is -0.128. The van der Waals surface area contributed by atoms with Crippen LogP contribution in [0.1, 0.15) is 55.4 Å². The lowest BCUT2D eigenvalue weighted by atomic mass is 9.49. The van der Waals surface area contributed by atoms with E-state index < -0.39 is 0 Å². The first-order chi connectivity index (χ1) is 12.5. The Morgan fingerprint density at radius 1 is 1.15 bits per heavy atom. The number of hydrogen-bond donors (Lipinski definition) is 2. The molecule has 0 aliphatic heterocycles. The van der Waals surface area contributed by atoms with Crippen LogP contribution in [-0.4, -0.2) is 15.9 Å². The summed E-state index contributed by atoms with van der Waals surface area (Å²) in [6.07, 6.45) is 10.2. The summed E-state index contributed by atoms with van der Waals surface area (Å²) in [5.74, 6) is 3.43. The molecule has 2 aromatic heterocycles. The first-order valence-electron chi connectivity index (χ1n) is 9.77. The third-order valence-electron chi connectivity index (χ3n) is 6.99. The summed E-state index contributed by atoms with van der Waals surface area (Å²) in [7, 11) is 0. The highest BCUT2D eigenvalue weighted by Gasteiger charge is 2.51. The normalized spacial score (nSPS) is 32.2. The third-order valence-corrected chi connectivity index (χ3v) is 8.10. The smallest absolute Gasteiger partial charge is 0.238 e. The number of hydrogen-bond acceptors (Lipinski definition) is 5. The Bertz CT molecular complexity index is 839. The van der Waals surface area contributed by atoms with Crippen LogP contribution in [0.3, 0.4) is 0 Å². The zero-order valence-electron chi connectivity index (χ0n) is 15.5. The molecule has 6 rings (SSSR count). The zero-order chi connectivity index (χ0) is 17.9. The fourth-order valence-corrected chi connectivity index (χ4v) is 7.29. The Labute approximate surface area is 158 Å². The Morgan fingerprint density at radius 3 is 2.46 bits per heavy atom. The molecular weight excluding hydrogens is 344 g/mol. The lowest BCUT2D eigenvalue weighted by Gasteiger charge is -2.56. The van der Waals surface area contributed by atoms with Crippen molar-refractivity contribution in [1.82, 2.24) is 15.4 Å². The van der Waals surface area contributed by atoms with Gasteiger partial charge in [-0.3, -0.25) is 15.6 Å². The van der Waals surface area contributed by atoms with Gasteiger partial charge in [-0.05, 0) is 81.1 Å². The third kappa shape index (κ3) is 2.70. The van der Waals surface area contributed by atoms with Crippen molar-refractivity contribution < 1.29 is 4.79 Å². The number of fused-ring (bicyclic) bond motifs is 1. The zero-order valence-corrected chi connectivity index (χ0v) is 16.3. The van der Waals surface area contributed by atoms with Crippen molar-refractivity contribution in [2.75, 3.05) is 5.43 Å². The second-order valence-corrected chi connectivity index (χ2v) is 10.2. The molecule has 4 aliphatic rings. The molecule has 2 aromatic rings. The number of amides is 1. The van der Waals surface area contributed by atoms with Crippen LogP contribution < -0.4 is 10.9 Å². The maximum absolute atomic E-state index is 12.7. The predicted molar refractivity (Wildman–Crippen MR) is 104 cm³/mol. The van der Waals surface area contributed by atoms with E-state index in [9.17, 15) is 4.79 Å². The highest BCUT2D eigenvalue weighted by molar-refractivity contribution is 7.18. The molecule has 5 nitrogen and oxygen atoms in total. The molecule has 6 heteroatoms. The van der Waals surface area contributed by atoms with E-state index >= 15 is 0 Å². The van der Waals surface area contributed by atoms with Gasteiger partial charge in [0, 0.05) is 11.3 Å². The van der Waals surface area contributed by atoms with Crippen molar-refractivity contribution in [2.45, 2.75) is 58.8 Å². The minimum Gasteiger partial charge on any atom is -0.281 e. The van der Waals surface area contributed by atoms with Gasteiger partial charge >= 0.3 is 0 Å². The molecule has 138 valence electrons. The number of aryl methyl sites for hydroxylation is 2. The van der Waals surface area contributed by atoms with Crippen LogP contribution in [0.25, 0.3) is 10.2 Å². The topological polar surface area (TPSA) is 66.9 Å². The van der Waals surface area contributed by atoms with Gasteiger partial charge in [-0.2, -0.15) is 0 Å². The van der Waals surface area contributed by atoms with Crippen molar-refractivity contribution in [1.29, 1.82) is 0 Å². The van der Waals surface area contributed by atoms with Gasteiger partial charge in [0.1, 0.15) is 11.2 Å². The predicted octanol–water partition coefficient (Wildman–Crippen LogP) is 4.36. The highest BCUT2D eigenvalue weighted by atomic mass is 32.1. The highest BCUT2D eigenvalue weighted by Crippen LogP contribution is 2.61. The molecule has 0 saturated heterocycles. The van der Waals surface area contributed by atoms with Crippen LogP contribution >= 0.6 is 11.3 Å². The lowest BCUT2D eigenvalue weighted by Crippen LogP contribution is -2.48. The quantitative estimate of drug-likeness (QED) is 0.785. The Morgan fingerprint density at radius 2 is 1.81 bits per heavy atom. The average Bonchev–Trinajstić information content (AvgIpc) is 2.86. The molecular formula is C20H26N4OS. The monoisotopic (exact) mass is 370 g/mol. The molecule has 2 N–H and O–H groups in total. The first kappa shape index (κ1) is 16.5. The number of carbonyl (C=O) groups excluding carboxylic acids is 1. The standard InChI is InChI=1S/C20H26N4OS/c1-11-12(2)26-19-17(11)18(21-10-22-19)24-23-16(25)9-20-6-13-3-14(7-20)5-15(4-13)8-20/h10,13-15H,3-9H2,1-2H3,(H,23,25)(H,21,22,24). The van der Waals surface area contributed by atoms with Gasteiger partial charge in [0.2, 0.25) is 5.91 Å². The van der Waals surface area contributed by atoms with Crippen LogP contribution in [0.5, 0.6) is 0 Å². The number of nitrogens with zero attached hydrogens (tertiary/aromatic N) is 2. The van der Waals surface area contributed by atoms with Gasteiger partial charge in [0.25, 0.3) is 0 Å². The fraction of sp³-hybridized carbons (Fsp3) is 0.650. The molecule has 4 aliphatic carbocycles. The van der Waals surface area contributed by atoms with Gasteiger partial charge in [-0.1, -0.05) is 0 Å². The van der Waals surface area contributed by atoms with Crippen LogP contribution in [0.15, 0.2) is 6.33 Å². The molecule has 4 saturated carbocycles. The van der Waals surface area contributed by atoms with Crippen LogP contribution in [0.2, 0.25) is 0 Å². The van der Waals surface area contributed by atoms with E-state index in [0.29, 0.717) is 12.2 Å². The van der Waals surface area contributed by atoms with E-state index in [2.05, 4.69) is 34.7 Å². The number of rotatable bonds is 4. The minimum atomic E-state index is 0.100. The summed E-state index contributed by atoms with van der Waals surface area (Å²) in [6.45, 7) is 4.18. The van der Waals surface area contributed by atoms with Crippen molar-refractivity contribution >= 4 is 33.3 Å². The SMILES string of the molecule is Cc1sc2ncnc(NNC(=O)CC34CC5CC(CC(C5)C3)C4)c2c1C. The van der Waals surface area contributed by atoms with E-state index in [0.717, 1.165) is 28.0 Å². The second kappa shape index (κ2) is 5.91. The van der Waals surface area contributed by atoms with Crippen LogP contribution in [-0.2, 0) is 4.79 Å². The molecule has 0 radical (unpaired) electrons. The van der Waals surface area contributed by atoms with Gasteiger partial charge in [-0.15, -0.1) is 11.3 Å². The largest absolute Gasteiger partial charge is 0.281 e. The number of nitrogens with one attached hydrogen (secondary N) is 2. The Balaban J connectivity index is 1.29. The molecule has 2 heterocycles. The van der Waals surface area contributed by atoms with Crippen LogP contribution in [0.4, 0.5) is 5.82 Å². The molecule has 4 bridgehead atoms. The van der Waals surface area contributed by atoms with Crippen molar-refractivity contribution in [2.24, 2.45) is 23.2 Å². The van der Waals surface area contributed by atoms with E-state index in [-0.39, 0.29) is 11.3 Å². The van der Waals surface area contributed by atoms with E-state index in [1.54, 1.807) is 17.7 Å². The fourth-order valence-electron chi connectivity index (χ4n) is 6.30. The van der Waals surface area contributed by atoms with E-state index in [1.807, 2.05) is 0 Å². The molecule has 0 atom stereocenters. The summed E-state index contributed by atoms with van der Waals surface area (Å²) >= 11 is 1.67. The van der Waals surface area contributed by atoms with Crippen LogP contribution in [0, 0.1) is 37.0 Å². The van der Waals surface area contributed by atoms with Crippen molar-refractivity contribution in [3.8, 4) is 0 Å². The summed E-state index contributed by atoms with van der Waals surface area (Å²) < 4.78 is 0. The molecule has 1 amide bonds. The number of hydrazine groups is 1. The average molecular weight is 371 g/mol. The first-order valence-corrected chi connectivity index (χ1v) is 10.6. The molecule has 0 unspecified atom stereocenters. The molecule has 26 heavy (non-hydrogen) atoms. The van der Waals surface area contributed by atoms with Gasteiger partial charge in [-0.25, -0.2) is 9.97 Å². The van der Waals surface area contributed by atoms with Crippen molar-refractivity contribution in [3.05, 3.63) is 16.8 Å². The Hall–Kier alpha value is -1.69. The number of carbonyl (C=O) groups is 1. The second-order valence-electron chi connectivity index (χ2n) is 8.95. The number of thiophene rings is 1. The molecule has 0 spiro atoms. The maximum Gasteiger partial charge on any atom is 0.238 e. The summed E-state index contributed by atoms with van der Waals surface area (Å²) in [5, 5.41) is 1.02. The van der Waals surface area contributed by atoms with Gasteiger partial charge < -0.3 is 0 Å². The molecule has 4 fully saturated rings. The summed E-state index contributed by atoms with van der Waals surface area (Å²) in [5.41, 5.74) is 7.45. The number of aromatic nitrogens is 2. The summed E-state index contributed by atoms with van der Waals surface area (Å²) in [6, 6.07) is 0. The minimum absolute atomic E-state index is 0.100. The maximum atomic E-state index is 12.7. The van der Waals surface area contributed by atoms with Gasteiger partial charge in [0.15, 0.2) is 5.82 Å². The summed E-state index contributed by atoms with van der Waals surface area (Å²) in [4.78, 5) is 23.6. The van der Waals surface area contributed by atoms with Gasteiger partial charge in [0.05, 0.1) is 5.39 Å².